The first-order chi connectivity index (χ1) is 8.20. The Bertz CT molecular complexity index is 352. The Balaban J connectivity index is 2.00. The average Bonchev–Trinajstić information content (AvgIpc) is 2.79. The van der Waals surface area contributed by atoms with Gasteiger partial charge >= 0.3 is 0 Å². The van der Waals surface area contributed by atoms with Gasteiger partial charge in [-0.3, -0.25) is 0 Å². The Hall–Kier alpha value is -0.650. The van der Waals surface area contributed by atoms with Crippen molar-refractivity contribution in [3.63, 3.8) is 0 Å². The Labute approximate surface area is 106 Å². The molecule has 0 spiro atoms. The van der Waals surface area contributed by atoms with Crippen LogP contribution in [0.3, 0.4) is 0 Å². The topological polar surface area (TPSA) is 45.6 Å². The average molecular weight is 256 g/mol. The lowest BCUT2D eigenvalue weighted by Gasteiger charge is -2.32. The van der Waals surface area contributed by atoms with Gasteiger partial charge in [-0.1, -0.05) is 11.3 Å². The number of ether oxygens (including phenoxy) is 1. The molecule has 2 unspecified atom stereocenters. The fourth-order valence-corrected chi connectivity index (χ4v) is 3.11. The lowest BCUT2D eigenvalue weighted by molar-refractivity contribution is 0.143. The third kappa shape index (κ3) is 3.18. The summed E-state index contributed by atoms with van der Waals surface area (Å²) >= 11 is 1.59. The summed E-state index contributed by atoms with van der Waals surface area (Å²) in [6.07, 6.45) is 3.79. The minimum atomic E-state index is -0.416. The number of aromatic nitrogens is 1. The molecule has 17 heavy (non-hydrogen) atoms. The Kier molecular flexibility index (Phi) is 4.36. The molecule has 0 amide bonds. The number of aliphatic hydroxyl groups excluding tert-OH is 1. The van der Waals surface area contributed by atoms with Crippen molar-refractivity contribution in [3.05, 3.63) is 11.1 Å². The molecular weight excluding hydrogens is 236 g/mol. The summed E-state index contributed by atoms with van der Waals surface area (Å²) in [6.45, 7) is 4.68. The van der Waals surface area contributed by atoms with Crippen molar-refractivity contribution >= 4 is 16.5 Å². The lowest BCUT2D eigenvalue weighted by Crippen LogP contribution is -2.37. The van der Waals surface area contributed by atoms with Gasteiger partial charge in [-0.15, -0.1) is 0 Å². The molecule has 0 radical (unpaired) electrons. The third-order valence-electron chi connectivity index (χ3n) is 3.12. The first-order valence-corrected chi connectivity index (χ1v) is 6.90. The normalized spacial score (nSPS) is 22.8. The summed E-state index contributed by atoms with van der Waals surface area (Å²) in [5.74, 6) is 0.604. The maximum atomic E-state index is 9.50. The highest BCUT2D eigenvalue weighted by atomic mass is 32.1. The number of nitrogens with zero attached hydrogens (tertiary/aromatic N) is 2. The van der Waals surface area contributed by atoms with Crippen molar-refractivity contribution in [2.24, 2.45) is 5.92 Å². The molecule has 2 heterocycles. The minimum absolute atomic E-state index is 0.416. The van der Waals surface area contributed by atoms with Crippen molar-refractivity contribution in [3.8, 4) is 0 Å². The lowest BCUT2D eigenvalue weighted by atomic mass is 9.99. The molecule has 96 valence electrons. The molecule has 0 bridgehead atoms. The summed E-state index contributed by atoms with van der Waals surface area (Å²) < 4.78 is 5.23. The minimum Gasteiger partial charge on any atom is -0.388 e. The van der Waals surface area contributed by atoms with Gasteiger partial charge in [0.05, 0.1) is 17.6 Å². The van der Waals surface area contributed by atoms with Crippen molar-refractivity contribution in [2.45, 2.75) is 25.9 Å². The number of methoxy groups -OCH3 is 1. The quantitative estimate of drug-likeness (QED) is 0.895. The molecule has 1 aliphatic rings. The van der Waals surface area contributed by atoms with Gasteiger partial charge in [-0.05, 0) is 25.7 Å². The largest absolute Gasteiger partial charge is 0.388 e. The predicted octanol–water partition coefficient (Wildman–Crippen LogP) is 2.06. The van der Waals surface area contributed by atoms with Gasteiger partial charge in [-0.25, -0.2) is 4.98 Å². The highest BCUT2D eigenvalue weighted by Gasteiger charge is 2.22. The van der Waals surface area contributed by atoms with Gasteiger partial charge < -0.3 is 14.7 Å². The van der Waals surface area contributed by atoms with Crippen molar-refractivity contribution in [1.82, 2.24) is 4.98 Å². The van der Waals surface area contributed by atoms with E-state index in [1.807, 2.05) is 0 Å². The van der Waals surface area contributed by atoms with Gasteiger partial charge in [0, 0.05) is 26.4 Å². The smallest absolute Gasteiger partial charge is 0.185 e. The summed E-state index contributed by atoms with van der Waals surface area (Å²) in [5, 5.41) is 10.5. The van der Waals surface area contributed by atoms with E-state index in [-0.39, 0.29) is 0 Å². The Morgan fingerprint density at radius 3 is 3.18 bits per heavy atom. The fourth-order valence-electron chi connectivity index (χ4n) is 2.23. The molecule has 1 aliphatic heterocycles. The van der Waals surface area contributed by atoms with E-state index < -0.39 is 6.10 Å². The van der Waals surface area contributed by atoms with E-state index in [2.05, 4.69) is 9.88 Å². The van der Waals surface area contributed by atoms with Crippen LogP contribution in [0.5, 0.6) is 0 Å². The molecule has 1 aromatic rings. The van der Waals surface area contributed by atoms with Crippen LogP contribution in [0.1, 0.15) is 30.7 Å². The van der Waals surface area contributed by atoms with Crippen molar-refractivity contribution < 1.29 is 9.84 Å². The van der Waals surface area contributed by atoms with Crippen LogP contribution in [0.15, 0.2) is 6.20 Å². The Morgan fingerprint density at radius 1 is 1.71 bits per heavy atom. The second-order valence-corrected chi connectivity index (χ2v) is 5.67. The van der Waals surface area contributed by atoms with Gasteiger partial charge in [0.25, 0.3) is 0 Å². The first-order valence-electron chi connectivity index (χ1n) is 6.08. The molecule has 5 heteroatoms. The molecular formula is C12H20N2O2S. The second-order valence-electron chi connectivity index (χ2n) is 4.63. The van der Waals surface area contributed by atoms with Crippen LogP contribution in [-0.4, -0.2) is 36.9 Å². The van der Waals surface area contributed by atoms with Gasteiger partial charge in [0.1, 0.15) is 0 Å². The predicted molar refractivity (Wildman–Crippen MR) is 69.6 cm³/mol. The van der Waals surface area contributed by atoms with Gasteiger partial charge in [0.15, 0.2) is 5.13 Å². The van der Waals surface area contributed by atoms with Crippen LogP contribution in [0.2, 0.25) is 0 Å². The molecule has 0 aromatic carbocycles. The fraction of sp³-hybridized carbons (Fsp3) is 0.750. The van der Waals surface area contributed by atoms with Crippen LogP contribution in [0.4, 0.5) is 5.13 Å². The summed E-state index contributed by atoms with van der Waals surface area (Å²) in [5.41, 5.74) is 0. The molecule has 1 saturated heterocycles. The summed E-state index contributed by atoms with van der Waals surface area (Å²) in [7, 11) is 1.76. The molecule has 2 rings (SSSR count). The van der Waals surface area contributed by atoms with E-state index in [1.165, 1.54) is 12.8 Å². The number of hydrogen-bond acceptors (Lipinski definition) is 5. The first kappa shape index (κ1) is 12.8. The molecule has 0 saturated carbocycles. The van der Waals surface area contributed by atoms with Crippen LogP contribution < -0.4 is 4.90 Å². The van der Waals surface area contributed by atoms with Crippen molar-refractivity contribution in [2.75, 3.05) is 31.7 Å². The van der Waals surface area contributed by atoms with E-state index in [1.54, 1.807) is 31.6 Å². The van der Waals surface area contributed by atoms with Gasteiger partial charge in [-0.2, -0.15) is 0 Å². The molecule has 0 aliphatic carbocycles. The number of aliphatic hydroxyl groups is 1. The van der Waals surface area contributed by atoms with E-state index in [4.69, 9.17) is 4.74 Å². The molecule has 1 aromatic heterocycles. The zero-order chi connectivity index (χ0) is 12.3. The van der Waals surface area contributed by atoms with E-state index in [0.717, 1.165) is 29.7 Å². The van der Waals surface area contributed by atoms with Crippen LogP contribution in [0, 0.1) is 5.92 Å². The highest BCUT2D eigenvalue weighted by molar-refractivity contribution is 7.15. The number of piperidine rings is 1. The number of anilines is 1. The summed E-state index contributed by atoms with van der Waals surface area (Å²) in [6, 6.07) is 0. The van der Waals surface area contributed by atoms with E-state index in [9.17, 15) is 5.11 Å². The van der Waals surface area contributed by atoms with Crippen LogP contribution in [0.25, 0.3) is 0 Å². The number of thiazole rings is 1. The molecule has 4 nitrogen and oxygen atoms in total. The Morgan fingerprint density at radius 2 is 2.53 bits per heavy atom. The summed E-state index contributed by atoms with van der Waals surface area (Å²) in [4.78, 5) is 7.65. The molecule has 1 N–H and O–H groups in total. The van der Waals surface area contributed by atoms with E-state index in [0.29, 0.717) is 5.92 Å². The van der Waals surface area contributed by atoms with Gasteiger partial charge in [0.2, 0.25) is 0 Å². The van der Waals surface area contributed by atoms with E-state index >= 15 is 0 Å². The monoisotopic (exact) mass is 256 g/mol. The highest BCUT2D eigenvalue weighted by Crippen LogP contribution is 2.30. The number of hydrogen-bond donors (Lipinski definition) is 1. The number of rotatable bonds is 4. The van der Waals surface area contributed by atoms with Crippen LogP contribution >= 0.6 is 11.3 Å². The zero-order valence-electron chi connectivity index (χ0n) is 10.4. The maximum Gasteiger partial charge on any atom is 0.185 e. The standard InChI is InChI=1S/C12H20N2O2S/c1-9(15)11-6-13-12(17-11)14-5-3-4-10(7-14)8-16-2/h6,9-10,15H,3-5,7-8H2,1-2H3. The third-order valence-corrected chi connectivity index (χ3v) is 4.34. The van der Waals surface area contributed by atoms with Crippen LogP contribution in [-0.2, 0) is 4.74 Å². The zero-order valence-corrected chi connectivity index (χ0v) is 11.2. The molecule has 1 fully saturated rings. The second kappa shape index (κ2) is 5.80. The maximum absolute atomic E-state index is 9.50. The molecule has 2 atom stereocenters. The van der Waals surface area contributed by atoms with Crippen molar-refractivity contribution in [1.29, 1.82) is 0 Å². The SMILES string of the molecule is COCC1CCCN(c2ncc(C(C)O)s2)C1.